The van der Waals surface area contributed by atoms with Gasteiger partial charge in [-0.2, -0.15) is 0 Å². The number of hydrogen-bond donors (Lipinski definition) is 2. The minimum atomic E-state index is -0.450. The summed E-state index contributed by atoms with van der Waals surface area (Å²) in [4.78, 5) is 37.9. The van der Waals surface area contributed by atoms with Crippen LogP contribution in [0.5, 0.6) is 0 Å². The number of nitrogens with zero attached hydrogens (tertiary/aromatic N) is 6. The molecule has 3 aromatic rings. The lowest BCUT2D eigenvalue weighted by atomic mass is 10.1. The van der Waals surface area contributed by atoms with Crippen molar-refractivity contribution in [1.29, 1.82) is 0 Å². The van der Waals surface area contributed by atoms with Gasteiger partial charge in [-0.25, -0.2) is 19.1 Å². The van der Waals surface area contributed by atoms with Gasteiger partial charge < -0.3 is 20.9 Å². The van der Waals surface area contributed by atoms with Crippen LogP contribution in [0.4, 0.5) is 5.82 Å². The normalized spacial score (nSPS) is 14.5. The molecule has 180 valence electrons. The maximum Gasteiger partial charge on any atom is 0.277 e. The van der Waals surface area contributed by atoms with Crippen LogP contribution in [0.3, 0.4) is 0 Å². The van der Waals surface area contributed by atoms with Crippen molar-refractivity contribution in [2.24, 2.45) is 0 Å². The van der Waals surface area contributed by atoms with Gasteiger partial charge in [0.1, 0.15) is 11.7 Å². The lowest BCUT2D eigenvalue weighted by molar-refractivity contribution is -0.676. The van der Waals surface area contributed by atoms with Crippen LogP contribution in [0.15, 0.2) is 24.4 Å². The Kier molecular flexibility index (Phi) is 6.99. The molecule has 0 radical (unpaired) electrons. The predicted octanol–water partition coefficient (Wildman–Crippen LogP) is 1.31. The molecule has 0 aliphatic carbocycles. The summed E-state index contributed by atoms with van der Waals surface area (Å²) >= 11 is 5.88. The third-order valence-electron chi connectivity index (χ3n) is 6.24. The van der Waals surface area contributed by atoms with Crippen LogP contribution >= 0.6 is 11.6 Å². The third-order valence-corrected chi connectivity index (χ3v) is 6.43. The van der Waals surface area contributed by atoms with Crippen molar-refractivity contribution in [3.63, 3.8) is 0 Å². The van der Waals surface area contributed by atoms with E-state index >= 15 is 0 Å². The number of carbonyl (C=O) groups excluding carboxylic acids is 2. The number of anilines is 1. The minimum absolute atomic E-state index is 0.00484. The lowest BCUT2D eigenvalue weighted by Gasteiger charge is -2.32. The molecule has 1 fully saturated rings. The van der Waals surface area contributed by atoms with E-state index in [4.69, 9.17) is 17.3 Å². The molecule has 0 spiro atoms. The fraction of sp³-hybridized carbons (Fsp3) is 0.435. The average molecular weight is 486 g/mol. The van der Waals surface area contributed by atoms with Crippen molar-refractivity contribution >= 4 is 40.3 Å². The summed E-state index contributed by atoms with van der Waals surface area (Å²) in [5.74, 6) is 0.528. The highest BCUT2D eigenvalue weighted by Crippen LogP contribution is 2.19. The highest BCUT2D eigenvalue weighted by molar-refractivity contribution is 6.29. The molecule has 34 heavy (non-hydrogen) atoms. The number of rotatable bonds is 6. The fourth-order valence-corrected chi connectivity index (χ4v) is 4.53. The van der Waals surface area contributed by atoms with Crippen LogP contribution in [-0.4, -0.2) is 69.4 Å². The number of benzene rings is 1. The first-order valence-electron chi connectivity index (χ1n) is 11.4. The van der Waals surface area contributed by atoms with Gasteiger partial charge in [-0.3, -0.25) is 9.59 Å². The summed E-state index contributed by atoms with van der Waals surface area (Å²) < 4.78 is 4.25. The largest absolute Gasteiger partial charge is 0.382 e. The Morgan fingerprint density at radius 3 is 2.62 bits per heavy atom. The molecule has 0 atom stereocenters. The molecule has 0 unspecified atom stereocenters. The number of likely N-dealkylation sites (N-methyl/N-ethyl adjacent to an activating group) is 1. The summed E-state index contributed by atoms with van der Waals surface area (Å²) in [5.41, 5.74) is 8.43. The molecule has 2 amide bonds. The Morgan fingerprint density at radius 1 is 1.21 bits per heavy atom. The van der Waals surface area contributed by atoms with E-state index in [9.17, 15) is 9.59 Å². The Hall–Kier alpha value is -3.24. The first kappa shape index (κ1) is 23.9. The standard InChI is InChI=1S/C23H29ClN8O2/c1-4-31-16-7-6-15(23(34)30-10-8-29(3)9-11-30)12-17(16)32(5-2)19(31)14-27-22(33)20-21(25)26-13-18(24)28-20/h6-7,12-13H,4-5,8-11,14H2,1-3H3,(H2-,25,26,27,33)/p+1. The Balaban J connectivity index is 1.63. The highest BCUT2D eigenvalue weighted by Gasteiger charge is 2.27. The number of nitrogens with one attached hydrogen (secondary N) is 1. The highest BCUT2D eigenvalue weighted by atomic mass is 35.5. The van der Waals surface area contributed by atoms with E-state index in [1.54, 1.807) is 0 Å². The molecule has 3 heterocycles. The molecule has 0 saturated carbocycles. The number of aryl methyl sites for hydroxylation is 2. The second kappa shape index (κ2) is 9.94. The number of piperazine rings is 1. The van der Waals surface area contributed by atoms with E-state index < -0.39 is 5.91 Å². The topological polar surface area (TPSA) is 113 Å². The van der Waals surface area contributed by atoms with E-state index in [1.165, 1.54) is 6.20 Å². The van der Waals surface area contributed by atoms with Crippen molar-refractivity contribution in [3.05, 3.63) is 46.6 Å². The van der Waals surface area contributed by atoms with E-state index in [0.717, 1.165) is 43.0 Å². The summed E-state index contributed by atoms with van der Waals surface area (Å²) in [6.45, 7) is 8.94. The fourth-order valence-electron chi connectivity index (χ4n) is 4.40. The van der Waals surface area contributed by atoms with Crippen molar-refractivity contribution in [1.82, 2.24) is 29.7 Å². The van der Waals surface area contributed by atoms with Gasteiger partial charge in [0, 0.05) is 37.8 Å². The van der Waals surface area contributed by atoms with Gasteiger partial charge in [0.15, 0.2) is 22.5 Å². The second-order valence-corrected chi connectivity index (χ2v) is 8.70. The quantitative estimate of drug-likeness (QED) is 0.509. The molecule has 1 aliphatic rings. The number of aromatic nitrogens is 4. The monoisotopic (exact) mass is 485 g/mol. The first-order valence-corrected chi connectivity index (χ1v) is 11.8. The molecule has 10 nitrogen and oxygen atoms in total. The molecular formula is C23H30ClN8O2+. The zero-order valence-electron chi connectivity index (χ0n) is 19.7. The molecule has 11 heteroatoms. The smallest absolute Gasteiger partial charge is 0.277 e. The zero-order chi connectivity index (χ0) is 24.4. The Labute approximate surface area is 203 Å². The molecule has 4 rings (SSSR count). The van der Waals surface area contributed by atoms with Crippen LogP contribution < -0.4 is 15.6 Å². The van der Waals surface area contributed by atoms with Crippen molar-refractivity contribution in [2.45, 2.75) is 33.5 Å². The molecule has 0 bridgehead atoms. The number of halogens is 1. The number of imidazole rings is 1. The maximum atomic E-state index is 13.1. The van der Waals surface area contributed by atoms with Gasteiger partial charge in [0.2, 0.25) is 0 Å². The molecule has 1 aromatic carbocycles. The van der Waals surface area contributed by atoms with Crippen molar-refractivity contribution in [2.75, 3.05) is 39.0 Å². The van der Waals surface area contributed by atoms with Crippen LogP contribution in [0.1, 0.15) is 40.5 Å². The number of fused-ring (bicyclic) bond motifs is 1. The first-order chi connectivity index (χ1) is 16.3. The Morgan fingerprint density at radius 2 is 1.94 bits per heavy atom. The molecular weight excluding hydrogens is 456 g/mol. The molecule has 2 aromatic heterocycles. The van der Waals surface area contributed by atoms with Gasteiger partial charge >= 0.3 is 0 Å². The maximum absolute atomic E-state index is 13.1. The summed E-state index contributed by atoms with van der Waals surface area (Å²) in [6, 6.07) is 5.83. The van der Waals surface area contributed by atoms with Crippen LogP contribution in [-0.2, 0) is 19.6 Å². The zero-order valence-corrected chi connectivity index (χ0v) is 20.5. The van der Waals surface area contributed by atoms with E-state index in [1.807, 2.05) is 30.0 Å². The second-order valence-electron chi connectivity index (χ2n) is 8.31. The average Bonchev–Trinajstić information content (AvgIpc) is 3.15. The van der Waals surface area contributed by atoms with Gasteiger partial charge in [0.25, 0.3) is 17.6 Å². The summed E-state index contributed by atoms with van der Waals surface area (Å²) in [7, 11) is 2.07. The van der Waals surface area contributed by atoms with E-state index in [2.05, 4.69) is 43.3 Å². The van der Waals surface area contributed by atoms with E-state index in [-0.39, 0.29) is 29.1 Å². The van der Waals surface area contributed by atoms with Crippen molar-refractivity contribution < 1.29 is 14.2 Å². The molecule has 3 N–H and O–H groups in total. The predicted molar refractivity (Wildman–Crippen MR) is 130 cm³/mol. The molecule has 1 aliphatic heterocycles. The van der Waals surface area contributed by atoms with Crippen LogP contribution in [0.25, 0.3) is 11.0 Å². The number of hydrogen-bond acceptors (Lipinski definition) is 6. The van der Waals surface area contributed by atoms with Crippen LogP contribution in [0.2, 0.25) is 5.15 Å². The van der Waals surface area contributed by atoms with Gasteiger partial charge in [-0.05, 0) is 33.0 Å². The number of carbonyl (C=O) groups is 2. The number of nitrogens with two attached hydrogens (primary N) is 1. The number of amides is 2. The summed E-state index contributed by atoms with van der Waals surface area (Å²) in [5, 5.41) is 2.99. The van der Waals surface area contributed by atoms with Crippen molar-refractivity contribution in [3.8, 4) is 0 Å². The lowest BCUT2D eigenvalue weighted by Crippen LogP contribution is -2.47. The third kappa shape index (κ3) is 4.55. The Bertz CT molecular complexity index is 1230. The SMILES string of the molecule is CCn1c(CNC(=O)c2nc(Cl)cnc2N)[n+](CC)c2ccc(C(=O)N3CCN(C)CC3)cc21. The van der Waals surface area contributed by atoms with Gasteiger partial charge in [-0.1, -0.05) is 11.6 Å². The molecule has 1 saturated heterocycles. The number of nitrogen functional groups attached to an aromatic ring is 1. The minimum Gasteiger partial charge on any atom is -0.382 e. The van der Waals surface area contributed by atoms with Gasteiger partial charge in [0.05, 0.1) is 19.3 Å². The van der Waals surface area contributed by atoms with Crippen LogP contribution in [0, 0.1) is 0 Å². The van der Waals surface area contributed by atoms with Gasteiger partial charge in [-0.15, -0.1) is 0 Å². The summed E-state index contributed by atoms with van der Waals surface area (Å²) in [6.07, 6.45) is 1.30. The van der Waals surface area contributed by atoms with E-state index in [0.29, 0.717) is 18.7 Å².